The number of phosphoric acid groups is 1. The third kappa shape index (κ3) is 36.6. The molecule has 0 saturated carbocycles. The van der Waals surface area contributed by atoms with E-state index >= 15 is 0 Å². The summed E-state index contributed by atoms with van der Waals surface area (Å²) in [6.07, 6.45) is 31.0. The fraction of sp³-hybridized carbons (Fsp3) is 0.974. The lowest BCUT2D eigenvalue weighted by Crippen LogP contribution is -2.37. The summed E-state index contributed by atoms with van der Waals surface area (Å²) >= 11 is 0. The second-order valence-corrected chi connectivity index (χ2v) is 16.1. The summed E-state index contributed by atoms with van der Waals surface area (Å²) in [6.45, 7) is 5.44. The van der Waals surface area contributed by atoms with Crippen LogP contribution in [0.3, 0.4) is 0 Å². The number of unbranched alkanes of at least 4 members (excludes halogenated alkanes) is 23. The average Bonchev–Trinajstić information content (AvgIpc) is 3.01. The molecule has 0 saturated heterocycles. The quantitative estimate of drug-likeness (QED) is 0.0277. The maximum atomic E-state index is 12.6. The molecular formula is C38H78NO7P. The molecule has 1 unspecified atom stereocenters. The molecule has 0 N–H and O–H groups in total. The van der Waals surface area contributed by atoms with Gasteiger partial charge in [-0.25, -0.2) is 0 Å². The van der Waals surface area contributed by atoms with E-state index in [0.29, 0.717) is 24.1 Å². The summed E-state index contributed by atoms with van der Waals surface area (Å²) in [4.78, 5) is 24.9. The van der Waals surface area contributed by atoms with Gasteiger partial charge in [-0.15, -0.1) is 0 Å². The van der Waals surface area contributed by atoms with Crippen molar-refractivity contribution < 1.29 is 37.3 Å². The van der Waals surface area contributed by atoms with Crippen LogP contribution in [0.2, 0.25) is 0 Å². The second-order valence-electron chi connectivity index (χ2n) is 14.7. The lowest BCUT2D eigenvalue weighted by molar-refractivity contribution is -0.870. The van der Waals surface area contributed by atoms with E-state index in [-0.39, 0.29) is 25.8 Å². The van der Waals surface area contributed by atoms with Crippen LogP contribution in [0.25, 0.3) is 0 Å². The van der Waals surface area contributed by atoms with Crippen molar-refractivity contribution in [1.82, 2.24) is 0 Å². The van der Waals surface area contributed by atoms with E-state index in [0.717, 1.165) is 32.1 Å². The highest BCUT2D eigenvalue weighted by Crippen LogP contribution is 2.38. The van der Waals surface area contributed by atoms with Crippen LogP contribution in [0.4, 0.5) is 0 Å². The molecule has 0 fully saturated rings. The van der Waals surface area contributed by atoms with Gasteiger partial charge in [0.2, 0.25) is 0 Å². The van der Waals surface area contributed by atoms with E-state index in [2.05, 4.69) is 13.8 Å². The summed E-state index contributed by atoms with van der Waals surface area (Å²) in [7, 11) is 1.37. The fourth-order valence-corrected chi connectivity index (χ4v) is 6.27. The van der Waals surface area contributed by atoms with Crippen molar-refractivity contribution >= 4 is 13.8 Å². The zero-order chi connectivity index (χ0) is 34.9. The Bertz CT molecular complexity index is 731. The maximum Gasteiger partial charge on any atom is 0.306 e. The van der Waals surface area contributed by atoms with Gasteiger partial charge in [-0.3, -0.25) is 9.36 Å². The van der Waals surface area contributed by atoms with Crippen LogP contribution in [-0.4, -0.2) is 70.7 Å². The zero-order valence-corrected chi connectivity index (χ0v) is 32.6. The predicted octanol–water partition coefficient (Wildman–Crippen LogP) is 10.3. The highest BCUT2D eigenvalue weighted by Gasteiger charge is 2.20. The summed E-state index contributed by atoms with van der Waals surface area (Å²) in [5.74, 6) is -0.332. The molecule has 8 nitrogen and oxygen atoms in total. The topological polar surface area (TPSA) is 94.1 Å². The SMILES string of the molecule is CCCCCCCCCCCCCCCCOC[C@H](COP(=O)([O-])OCC[N+](C)(C)C)OC(=O)CCCCCCCCCCCCC. The van der Waals surface area contributed by atoms with E-state index in [9.17, 15) is 14.3 Å². The highest BCUT2D eigenvalue weighted by molar-refractivity contribution is 7.45. The molecule has 0 spiro atoms. The highest BCUT2D eigenvalue weighted by atomic mass is 31.2. The first-order chi connectivity index (χ1) is 22.6. The Morgan fingerprint density at radius 2 is 0.979 bits per heavy atom. The second kappa shape index (κ2) is 32.7. The molecule has 0 aliphatic heterocycles. The number of ether oxygens (including phenoxy) is 2. The van der Waals surface area contributed by atoms with E-state index in [1.54, 1.807) is 0 Å². The van der Waals surface area contributed by atoms with Crippen LogP contribution >= 0.6 is 7.82 Å². The number of carbonyl (C=O) groups is 1. The van der Waals surface area contributed by atoms with Gasteiger partial charge in [0.05, 0.1) is 34.4 Å². The van der Waals surface area contributed by atoms with Gasteiger partial charge in [-0.05, 0) is 12.8 Å². The third-order valence-electron chi connectivity index (χ3n) is 8.66. The first-order valence-electron chi connectivity index (χ1n) is 19.8. The van der Waals surface area contributed by atoms with Gasteiger partial charge in [-0.1, -0.05) is 162 Å². The predicted molar refractivity (Wildman–Crippen MR) is 194 cm³/mol. The Kier molecular flexibility index (Phi) is 32.3. The minimum absolute atomic E-state index is 0.0310. The number of quaternary nitrogens is 1. The summed E-state index contributed by atoms with van der Waals surface area (Å²) in [5.41, 5.74) is 0. The number of nitrogens with zero attached hydrogens (tertiary/aromatic N) is 1. The number of phosphoric ester groups is 1. The van der Waals surface area contributed by atoms with Crippen molar-refractivity contribution in [3.05, 3.63) is 0 Å². The van der Waals surface area contributed by atoms with Gasteiger partial charge in [0, 0.05) is 13.0 Å². The Morgan fingerprint density at radius 3 is 1.40 bits per heavy atom. The molecule has 0 aromatic heterocycles. The van der Waals surface area contributed by atoms with E-state index in [1.807, 2.05) is 21.1 Å². The van der Waals surface area contributed by atoms with Crippen LogP contribution in [0.15, 0.2) is 0 Å². The summed E-state index contributed by atoms with van der Waals surface area (Å²) in [6, 6.07) is 0. The maximum absolute atomic E-state index is 12.6. The largest absolute Gasteiger partial charge is 0.756 e. The standard InChI is InChI=1S/C38H78NO7P/c1-6-8-10-12-14-16-18-19-20-22-24-26-28-30-33-43-35-37(36-45-47(41,42)44-34-32-39(3,4)5)46-38(40)31-29-27-25-23-21-17-15-13-11-9-7-2/h37H,6-36H2,1-5H3/t37-/m1/s1. The Morgan fingerprint density at radius 1 is 0.574 bits per heavy atom. The van der Waals surface area contributed by atoms with Crippen LogP contribution in [-0.2, 0) is 27.9 Å². The van der Waals surface area contributed by atoms with Gasteiger partial charge >= 0.3 is 5.97 Å². The van der Waals surface area contributed by atoms with Gasteiger partial charge < -0.3 is 27.9 Å². The number of likely N-dealkylation sites (N-methyl/N-ethyl adjacent to an activating group) is 1. The molecule has 0 amide bonds. The fourth-order valence-electron chi connectivity index (χ4n) is 5.55. The molecule has 9 heteroatoms. The molecule has 0 bridgehead atoms. The van der Waals surface area contributed by atoms with Gasteiger partial charge in [0.15, 0.2) is 0 Å². The molecule has 0 aliphatic rings. The lowest BCUT2D eigenvalue weighted by atomic mass is 10.0. The monoisotopic (exact) mass is 692 g/mol. The number of hydrogen-bond donors (Lipinski definition) is 0. The molecule has 282 valence electrons. The smallest absolute Gasteiger partial charge is 0.306 e. The Hall–Kier alpha value is -0.500. The summed E-state index contributed by atoms with van der Waals surface area (Å²) in [5, 5.41) is 0. The molecule has 0 aromatic rings. The Labute approximate surface area is 291 Å². The van der Waals surface area contributed by atoms with Crippen molar-refractivity contribution in [3.8, 4) is 0 Å². The Balaban J connectivity index is 4.24. The van der Waals surface area contributed by atoms with Crippen LogP contribution in [0, 0.1) is 0 Å². The molecular weight excluding hydrogens is 613 g/mol. The van der Waals surface area contributed by atoms with Crippen LogP contribution in [0.5, 0.6) is 0 Å². The summed E-state index contributed by atoms with van der Waals surface area (Å²) < 4.78 is 34.4. The van der Waals surface area contributed by atoms with Crippen molar-refractivity contribution in [1.29, 1.82) is 0 Å². The van der Waals surface area contributed by atoms with E-state index in [4.69, 9.17) is 18.5 Å². The molecule has 47 heavy (non-hydrogen) atoms. The van der Waals surface area contributed by atoms with E-state index in [1.165, 1.54) is 128 Å². The van der Waals surface area contributed by atoms with E-state index < -0.39 is 13.9 Å². The van der Waals surface area contributed by atoms with Crippen molar-refractivity contribution in [3.63, 3.8) is 0 Å². The van der Waals surface area contributed by atoms with Crippen LogP contribution in [0.1, 0.15) is 181 Å². The van der Waals surface area contributed by atoms with Crippen molar-refractivity contribution in [2.45, 2.75) is 187 Å². The van der Waals surface area contributed by atoms with Gasteiger partial charge in [0.25, 0.3) is 7.82 Å². The number of esters is 1. The zero-order valence-electron chi connectivity index (χ0n) is 31.7. The molecule has 0 radical (unpaired) electrons. The first kappa shape index (κ1) is 46.5. The number of carbonyl (C=O) groups excluding carboxylic acids is 1. The molecule has 0 heterocycles. The van der Waals surface area contributed by atoms with Gasteiger partial charge in [0.1, 0.15) is 19.3 Å². The molecule has 0 aliphatic carbocycles. The number of rotatable bonds is 37. The van der Waals surface area contributed by atoms with Gasteiger partial charge in [-0.2, -0.15) is 0 Å². The third-order valence-corrected chi connectivity index (χ3v) is 9.62. The first-order valence-corrected chi connectivity index (χ1v) is 21.2. The lowest BCUT2D eigenvalue weighted by Gasteiger charge is -2.28. The molecule has 2 atom stereocenters. The average molecular weight is 692 g/mol. The molecule has 0 aromatic carbocycles. The minimum atomic E-state index is -4.51. The van der Waals surface area contributed by atoms with Crippen molar-refractivity contribution in [2.75, 3.05) is 54.1 Å². The normalized spacial score (nSPS) is 13.9. The molecule has 0 rings (SSSR count). The van der Waals surface area contributed by atoms with Crippen molar-refractivity contribution in [2.24, 2.45) is 0 Å². The minimum Gasteiger partial charge on any atom is -0.756 e. The number of hydrogen-bond acceptors (Lipinski definition) is 7. The van der Waals surface area contributed by atoms with Crippen LogP contribution < -0.4 is 4.89 Å².